The largest absolute Gasteiger partial charge is 0.382 e. The first-order chi connectivity index (χ1) is 9.54. The van der Waals surface area contributed by atoms with Crippen LogP contribution >= 0.6 is 11.3 Å². The molecule has 4 N–H and O–H groups in total. The van der Waals surface area contributed by atoms with Gasteiger partial charge in [-0.2, -0.15) is 0 Å². The summed E-state index contributed by atoms with van der Waals surface area (Å²) in [7, 11) is 0. The van der Waals surface area contributed by atoms with Crippen molar-refractivity contribution in [3.63, 3.8) is 0 Å². The summed E-state index contributed by atoms with van der Waals surface area (Å²) < 4.78 is 5.30. The fourth-order valence-electron chi connectivity index (χ4n) is 1.37. The first-order valence-corrected chi connectivity index (χ1v) is 7.36. The molecule has 0 aliphatic carbocycles. The van der Waals surface area contributed by atoms with Crippen LogP contribution in [0.4, 0.5) is 10.9 Å². The van der Waals surface area contributed by atoms with E-state index in [1.165, 1.54) is 11.3 Å². The minimum Gasteiger partial charge on any atom is -0.382 e. The highest BCUT2D eigenvalue weighted by Gasteiger charge is 2.15. The number of nitrogen functional groups attached to an aromatic ring is 1. The van der Waals surface area contributed by atoms with Crippen LogP contribution in [0.3, 0.4) is 0 Å². The normalized spacial score (nSPS) is 10.3. The molecule has 1 aromatic rings. The van der Waals surface area contributed by atoms with Gasteiger partial charge in [-0.05, 0) is 13.3 Å². The van der Waals surface area contributed by atoms with Gasteiger partial charge in [-0.3, -0.25) is 4.79 Å². The summed E-state index contributed by atoms with van der Waals surface area (Å²) in [6, 6.07) is 0. The van der Waals surface area contributed by atoms with Crippen LogP contribution in [0.1, 0.15) is 29.9 Å². The quantitative estimate of drug-likeness (QED) is 0.478. The maximum absolute atomic E-state index is 11.9. The molecule has 1 amide bonds. The lowest BCUT2D eigenvalue weighted by molar-refractivity contribution is 0.0931. The summed E-state index contributed by atoms with van der Waals surface area (Å²) in [5.41, 5.74) is 6.69. The van der Waals surface area contributed by atoms with E-state index in [9.17, 15) is 4.79 Å². The van der Waals surface area contributed by atoms with Crippen LogP contribution in [0.5, 0.6) is 0 Å². The third-order valence-corrected chi connectivity index (χ3v) is 3.29. The first kappa shape index (κ1) is 16.5. The zero-order valence-corrected chi connectivity index (χ0v) is 12.8. The van der Waals surface area contributed by atoms with E-state index >= 15 is 0 Å². The molecule has 0 atom stereocenters. The van der Waals surface area contributed by atoms with Gasteiger partial charge in [-0.15, -0.1) is 0 Å². The average molecular weight is 298 g/mol. The summed E-state index contributed by atoms with van der Waals surface area (Å²) in [5.74, 6) is 0.0393. The standard InChI is InChI=1S/C13H22N4O2S/c1-4-5-16-13-17-11(14)10(20-13)12(18)15-6-7-19-8-9(2)3/h2,4-8,14H2,1,3H3,(H,15,18)(H,16,17). The van der Waals surface area contributed by atoms with Gasteiger partial charge in [-0.1, -0.05) is 30.4 Å². The third-order valence-electron chi connectivity index (χ3n) is 2.27. The molecular weight excluding hydrogens is 276 g/mol. The molecule has 0 saturated heterocycles. The van der Waals surface area contributed by atoms with Crippen molar-refractivity contribution in [2.45, 2.75) is 20.3 Å². The lowest BCUT2D eigenvalue weighted by Crippen LogP contribution is -2.27. The van der Waals surface area contributed by atoms with E-state index in [1.54, 1.807) is 0 Å². The Morgan fingerprint density at radius 3 is 2.90 bits per heavy atom. The van der Waals surface area contributed by atoms with Crippen molar-refractivity contribution in [1.82, 2.24) is 10.3 Å². The Morgan fingerprint density at radius 1 is 1.50 bits per heavy atom. The van der Waals surface area contributed by atoms with Crippen LogP contribution in [0, 0.1) is 0 Å². The van der Waals surface area contributed by atoms with E-state index in [0.29, 0.717) is 29.8 Å². The van der Waals surface area contributed by atoms with Crippen molar-refractivity contribution < 1.29 is 9.53 Å². The molecular formula is C13H22N4O2S. The molecule has 1 heterocycles. The van der Waals surface area contributed by atoms with Gasteiger partial charge in [0.25, 0.3) is 5.91 Å². The average Bonchev–Trinajstić information content (AvgIpc) is 2.76. The van der Waals surface area contributed by atoms with Crippen molar-refractivity contribution in [3.8, 4) is 0 Å². The molecule has 1 aromatic heterocycles. The molecule has 0 aromatic carbocycles. The highest BCUT2D eigenvalue weighted by molar-refractivity contribution is 7.18. The van der Waals surface area contributed by atoms with E-state index in [1.807, 2.05) is 6.92 Å². The minimum atomic E-state index is -0.219. The van der Waals surface area contributed by atoms with Gasteiger partial charge < -0.3 is 21.1 Å². The van der Waals surface area contributed by atoms with Gasteiger partial charge >= 0.3 is 0 Å². The zero-order valence-electron chi connectivity index (χ0n) is 12.0. The molecule has 0 aliphatic rings. The number of anilines is 2. The lowest BCUT2D eigenvalue weighted by Gasteiger charge is -2.05. The van der Waals surface area contributed by atoms with E-state index in [2.05, 4.69) is 29.1 Å². The minimum absolute atomic E-state index is 0.219. The third kappa shape index (κ3) is 5.58. The highest BCUT2D eigenvalue weighted by atomic mass is 32.1. The van der Waals surface area contributed by atoms with Crippen LogP contribution in [0.15, 0.2) is 12.2 Å². The number of hydrogen-bond donors (Lipinski definition) is 3. The van der Waals surface area contributed by atoms with Crippen molar-refractivity contribution in [2.75, 3.05) is 37.4 Å². The smallest absolute Gasteiger partial charge is 0.265 e. The number of hydrogen-bond acceptors (Lipinski definition) is 6. The van der Waals surface area contributed by atoms with Crippen molar-refractivity contribution in [3.05, 3.63) is 17.0 Å². The van der Waals surface area contributed by atoms with Gasteiger partial charge in [0.05, 0.1) is 13.2 Å². The Morgan fingerprint density at radius 2 is 2.25 bits per heavy atom. The highest BCUT2D eigenvalue weighted by Crippen LogP contribution is 2.24. The van der Waals surface area contributed by atoms with Crippen molar-refractivity contribution in [2.24, 2.45) is 0 Å². The Bertz CT molecular complexity index is 459. The van der Waals surface area contributed by atoms with Gasteiger partial charge in [0.15, 0.2) is 5.13 Å². The second-order valence-electron chi connectivity index (χ2n) is 4.43. The summed E-state index contributed by atoms with van der Waals surface area (Å²) in [4.78, 5) is 16.5. The number of rotatable bonds is 9. The zero-order chi connectivity index (χ0) is 15.0. The van der Waals surface area contributed by atoms with E-state index in [0.717, 1.165) is 18.5 Å². The summed E-state index contributed by atoms with van der Waals surface area (Å²) in [5, 5.41) is 6.54. The summed E-state index contributed by atoms with van der Waals surface area (Å²) in [6.45, 7) is 9.87. The van der Waals surface area contributed by atoms with Crippen LogP contribution in [0.25, 0.3) is 0 Å². The summed E-state index contributed by atoms with van der Waals surface area (Å²) in [6.07, 6.45) is 0.987. The molecule has 1 rings (SSSR count). The molecule has 0 bridgehead atoms. The summed E-state index contributed by atoms with van der Waals surface area (Å²) >= 11 is 1.26. The van der Waals surface area contributed by atoms with Gasteiger partial charge in [0.1, 0.15) is 10.7 Å². The fraction of sp³-hybridized carbons (Fsp3) is 0.538. The Labute approximate surface area is 123 Å². The molecule has 7 heteroatoms. The number of nitrogens with one attached hydrogen (secondary N) is 2. The second-order valence-corrected chi connectivity index (χ2v) is 5.42. The number of carbonyl (C=O) groups excluding carboxylic acids is 1. The Kier molecular flexibility index (Phi) is 7.03. The second kappa shape index (κ2) is 8.55. The maximum atomic E-state index is 11.9. The molecule has 0 unspecified atom stereocenters. The molecule has 112 valence electrons. The molecule has 0 saturated carbocycles. The molecule has 6 nitrogen and oxygen atoms in total. The topological polar surface area (TPSA) is 89.3 Å². The molecule has 0 radical (unpaired) electrons. The van der Waals surface area contributed by atoms with Crippen LogP contribution in [-0.4, -0.2) is 37.2 Å². The number of ether oxygens (including phenoxy) is 1. The number of amides is 1. The molecule has 0 spiro atoms. The number of thiazole rings is 1. The van der Waals surface area contributed by atoms with Gasteiger partial charge in [0.2, 0.25) is 0 Å². The number of carbonyl (C=O) groups is 1. The lowest BCUT2D eigenvalue weighted by atomic mass is 10.4. The van der Waals surface area contributed by atoms with E-state index in [-0.39, 0.29) is 11.7 Å². The number of aromatic nitrogens is 1. The monoisotopic (exact) mass is 298 g/mol. The molecule has 20 heavy (non-hydrogen) atoms. The van der Waals surface area contributed by atoms with Crippen LogP contribution in [-0.2, 0) is 4.74 Å². The van der Waals surface area contributed by atoms with E-state index < -0.39 is 0 Å². The SMILES string of the molecule is C=C(C)COCCNC(=O)c1sc(NCCC)nc1N. The van der Waals surface area contributed by atoms with Crippen LogP contribution < -0.4 is 16.4 Å². The Balaban J connectivity index is 2.39. The molecule has 0 aliphatic heterocycles. The first-order valence-electron chi connectivity index (χ1n) is 6.55. The van der Waals surface area contributed by atoms with Crippen LogP contribution in [0.2, 0.25) is 0 Å². The van der Waals surface area contributed by atoms with Gasteiger partial charge in [-0.25, -0.2) is 4.98 Å². The predicted molar refractivity (Wildman–Crippen MR) is 83.3 cm³/mol. The van der Waals surface area contributed by atoms with Gasteiger partial charge in [0, 0.05) is 13.1 Å². The number of nitrogens with two attached hydrogens (primary N) is 1. The fourth-order valence-corrected chi connectivity index (χ4v) is 2.19. The molecule has 0 fully saturated rings. The predicted octanol–water partition coefficient (Wildman–Crippen LogP) is 1.87. The van der Waals surface area contributed by atoms with Crippen molar-refractivity contribution in [1.29, 1.82) is 0 Å². The van der Waals surface area contributed by atoms with Crippen molar-refractivity contribution >= 4 is 28.2 Å². The van der Waals surface area contributed by atoms with E-state index in [4.69, 9.17) is 10.5 Å². The number of nitrogens with zero attached hydrogens (tertiary/aromatic N) is 1. The maximum Gasteiger partial charge on any atom is 0.265 e. The Hall–Kier alpha value is -1.60.